The van der Waals surface area contributed by atoms with Crippen LogP contribution in [0.15, 0.2) is 24.3 Å². The Morgan fingerprint density at radius 1 is 1.25 bits per heavy atom. The van der Waals surface area contributed by atoms with Crippen molar-refractivity contribution in [3.63, 3.8) is 0 Å². The Kier molecular flexibility index (Phi) is 5.62. The topological polar surface area (TPSA) is 29.3 Å². The number of hydrogen-bond acceptors (Lipinski definition) is 2. The van der Waals surface area contributed by atoms with Crippen molar-refractivity contribution in [1.29, 1.82) is 0 Å². The van der Waals surface area contributed by atoms with Crippen molar-refractivity contribution in [2.24, 2.45) is 17.6 Å². The van der Waals surface area contributed by atoms with Crippen LogP contribution in [-0.4, -0.2) is 24.5 Å². The molecule has 1 aliphatic rings. The van der Waals surface area contributed by atoms with Crippen molar-refractivity contribution >= 4 is 0 Å². The van der Waals surface area contributed by atoms with E-state index in [9.17, 15) is 0 Å². The first kappa shape index (κ1) is 15.5. The van der Waals surface area contributed by atoms with Gasteiger partial charge in [-0.15, -0.1) is 0 Å². The maximum absolute atomic E-state index is 6.09. The minimum absolute atomic E-state index is 0.390. The molecule has 0 radical (unpaired) electrons. The fourth-order valence-electron chi connectivity index (χ4n) is 3.50. The van der Waals surface area contributed by atoms with E-state index >= 15 is 0 Å². The van der Waals surface area contributed by atoms with E-state index in [0.29, 0.717) is 6.04 Å². The first-order valence-corrected chi connectivity index (χ1v) is 8.12. The second-order valence-electron chi connectivity index (χ2n) is 6.64. The second kappa shape index (κ2) is 7.24. The van der Waals surface area contributed by atoms with E-state index in [-0.39, 0.29) is 0 Å². The molecule has 0 aromatic heterocycles. The lowest BCUT2D eigenvalue weighted by Crippen LogP contribution is -2.34. The Hall–Kier alpha value is -0.860. The lowest BCUT2D eigenvalue weighted by molar-refractivity contribution is 0.204. The third-order valence-corrected chi connectivity index (χ3v) is 4.84. The minimum Gasteiger partial charge on any atom is -0.329 e. The molecule has 2 rings (SSSR count). The van der Waals surface area contributed by atoms with Crippen LogP contribution in [-0.2, 0) is 0 Å². The highest BCUT2D eigenvalue weighted by Crippen LogP contribution is 2.29. The van der Waals surface area contributed by atoms with Gasteiger partial charge in [-0.25, -0.2) is 0 Å². The maximum atomic E-state index is 6.09. The smallest absolute Gasteiger partial charge is 0.0470 e. The Bertz CT molecular complexity index is 414. The average molecular weight is 274 g/mol. The van der Waals surface area contributed by atoms with Crippen LogP contribution in [0.2, 0.25) is 0 Å². The molecular formula is C18H30N2. The fraction of sp³-hybridized carbons (Fsp3) is 0.667. The van der Waals surface area contributed by atoms with E-state index in [0.717, 1.165) is 18.4 Å². The highest BCUT2D eigenvalue weighted by Gasteiger charge is 2.24. The number of rotatable bonds is 4. The minimum atomic E-state index is 0.390. The van der Waals surface area contributed by atoms with Crippen LogP contribution < -0.4 is 5.73 Å². The predicted molar refractivity (Wildman–Crippen MR) is 86.7 cm³/mol. The molecule has 1 saturated heterocycles. The maximum Gasteiger partial charge on any atom is 0.0470 e. The summed E-state index contributed by atoms with van der Waals surface area (Å²) in [5, 5.41) is 0. The molecule has 0 bridgehead atoms. The molecule has 2 atom stereocenters. The predicted octanol–water partition coefficient (Wildman–Crippen LogP) is 3.75. The van der Waals surface area contributed by atoms with Gasteiger partial charge in [0, 0.05) is 12.6 Å². The van der Waals surface area contributed by atoms with Crippen LogP contribution >= 0.6 is 0 Å². The number of nitrogens with two attached hydrogens (primary N) is 1. The summed E-state index contributed by atoms with van der Waals surface area (Å²) in [6.07, 6.45) is 4.00. The summed E-state index contributed by atoms with van der Waals surface area (Å²) in [7, 11) is 0. The Morgan fingerprint density at radius 2 is 2.05 bits per heavy atom. The molecule has 0 saturated carbocycles. The van der Waals surface area contributed by atoms with E-state index in [4.69, 9.17) is 5.73 Å². The van der Waals surface area contributed by atoms with E-state index < -0.39 is 0 Å². The SMILES string of the molecule is Cc1cccc(C(CN)N2CCCC(C(C)C)CC2)c1. The lowest BCUT2D eigenvalue weighted by atomic mass is 9.89. The van der Waals surface area contributed by atoms with Gasteiger partial charge in [-0.1, -0.05) is 43.7 Å². The molecule has 1 aliphatic heterocycles. The molecule has 0 amide bonds. The van der Waals surface area contributed by atoms with Crippen molar-refractivity contribution < 1.29 is 0 Å². The van der Waals surface area contributed by atoms with Gasteiger partial charge < -0.3 is 5.73 Å². The molecule has 2 unspecified atom stereocenters. The van der Waals surface area contributed by atoms with Crippen LogP contribution in [0.3, 0.4) is 0 Å². The molecule has 1 heterocycles. The van der Waals surface area contributed by atoms with Gasteiger partial charge in [0.05, 0.1) is 0 Å². The second-order valence-corrected chi connectivity index (χ2v) is 6.64. The van der Waals surface area contributed by atoms with Crippen molar-refractivity contribution in [3.05, 3.63) is 35.4 Å². The summed E-state index contributed by atoms with van der Waals surface area (Å²) in [5.74, 6) is 1.70. The van der Waals surface area contributed by atoms with Gasteiger partial charge in [-0.05, 0) is 56.7 Å². The number of aryl methyl sites for hydroxylation is 1. The quantitative estimate of drug-likeness (QED) is 0.906. The molecule has 1 aromatic carbocycles. The van der Waals surface area contributed by atoms with Gasteiger partial charge in [0.2, 0.25) is 0 Å². The van der Waals surface area contributed by atoms with Gasteiger partial charge in [0.15, 0.2) is 0 Å². The van der Waals surface area contributed by atoms with Crippen LogP contribution in [0, 0.1) is 18.8 Å². The third-order valence-electron chi connectivity index (χ3n) is 4.84. The molecule has 20 heavy (non-hydrogen) atoms. The lowest BCUT2D eigenvalue weighted by Gasteiger charge is -2.30. The molecule has 0 aliphatic carbocycles. The molecule has 1 aromatic rings. The molecule has 1 fully saturated rings. The number of likely N-dealkylation sites (tertiary alicyclic amines) is 1. The van der Waals surface area contributed by atoms with Crippen LogP contribution in [0.4, 0.5) is 0 Å². The van der Waals surface area contributed by atoms with Crippen LogP contribution in [0.1, 0.15) is 50.3 Å². The average Bonchev–Trinajstić information content (AvgIpc) is 2.66. The zero-order chi connectivity index (χ0) is 14.5. The molecule has 112 valence electrons. The van der Waals surface area contributed by atoms with Crippen molar-refractivity contribution in [1.82, 2.24) is 4.90 Å². The highest BCUT2D eigenvalue weighted by atomic mass is 15.2. The van der Waals surface area contributed by atoms with Gasteiger partial charge in [-0.3, -0.25) is 4.90 Å². The molecule has 2 heteroatoms. The van der Waals surface area contributed by atoms with E-state index in [2.05, 4.69) is 49.9 Å². The normalized spacial score (nSPS) is 22.8. The summed E-state index contributed by atoms with van der Waals surface area (Å²) < 4.78 is 0. The standard InChI is InChI=1S/C18H30N2/c1-14(2)16-8-5-10-20(11-9-16)18(13-19)17-7-4-6-15(3)12-17/h4,6-7,12,14,16,18H,5,8-11,13,19H2,1-3H3. The summed E-state index contributed by atoms with van der Waals surface area (Å²) in [4.78, 5) is 2.61. The summed E-state index contributed by atoms with van der Waals surface area (Å²) in [5.41, 5.74) is 8.80. The third kappa shape index (κ3) is 3.83. The Balaban J connectivity index is 2.08. The number of hydrogen-bond donors (Lipinski definition) is 1. The van der Waals surface area contributed by atoms with E-state index in [1.807, 2.05) is 0 Å². The molecule has 2 N–H and O–H groups in total. The van der Waals surface area contributed by atoms with Gasteiger partial charge in [0.1, 0.15) is 0 Å². The molecular weight excluding hydrogens is 244 g/mol. The first-order valence-electron chi connectivity index (χ1n) is 8.12. The van der Waals surface area contributed by atoms with Crippen molar-refractivity contribution in [2.45, 2.75) is 46.1 Å². The van der Waals surface area contributed by atoms with Crippen LogP contribution in [0.5, 0.6) is 0 Å². The summed E-state index contributed by atoms with van der Waals surface area (Å²) in [6, 6.07) is 9.23. The highest BCUT2D eigenvalue weighted by molar-refractivity contribution is 5.25. The molecule has 0 spiro atoms. The van der Waals surface area contributed by atoms with Gasteiger partial charge in [0.25, 0.3) is 0 Å². The Labute approximate surface area is 124 Å². The monoisotopic (exact) mass is 274 g/mol. The summed E-state index contributed by atoms with van der Waals surface area (Å²) >= 11 is 0. The van der Waals surface area contributed by atoms with Gasteiger partial charge in [-0.2, -0.15) is 0 Å². The van der Waals surface area contributed by atoms with E-state index in [1.54, 1.807) is 0 Å². The van der Waals surface area contributed by atoms with Crippen LogP contribution in [0.25, 0.3) is 0 Å². The van der Waals surface area contributed by atoms with Crippen molar-refractivity contribution in [2.75, 3.05) is 19.6 Å². The zero-order valence-electron chi connectivity index (χ0n) is 13.3. The van der Waals surface area contributed by atoms with Crippen molar-refractivity contribution in [3.8, 4) is 0 Å². The van der Waals surface area contributed by atoms with E-state index in [1.165, 1.54) is 43.5 Å². The largest absolute Gasteiger partial charge is 0.329 e. The Morgan fingerprint density at radius 3 is 2.70 bits per heavy atom. The molecule has 2 nitrogen and oxygen atoms in total. The first-order chi connectivity index (χ1) is 9.61. The zero-order valence-corrected chi connectivity index (χ0v) is 13.3. The summed E-state index contributed by atoms with van der Waals surface area (Å²) in [6.45, 7) is 9.99. The number of nitrogens with zero attached hydrogens (tertiary/aromatic N) is 1. The fourth-order valence-corrected chi connectivity index (χ4v) is 3.50. The number of benzene rings is 1. The van der Waals surface area contributed by atoms with Gasteiger partial charge >= 0.3 is 0 Å².